The third kappa shape index (κ3) is 3.21. The molecule has 0 saturated carbocycles. The van der Waals surface area contributed by atoms with Gasteiger partial charge in [-0.3, -0.25) is 0 Å². The first kappa shape index (κ1) is 13.3. The quantitative estimate of drug-likeness (QED) is 0.809. The average Bonchev–Trinajstić information content (AvgIpc) is 2.84. The van der Waals surface area contributed by atoms with Crippen LogP contribution in [-0.2, 0) is 0 Å². The molecule has 19 heavy (non-hydrogen) atoms. The fraction of sp³-hybridized carbons (Fsp3) is 0.462. The molecule has 104 valence electrons. The first-order valence-corrected chi connectivity index (χ1v) is 6.23. The van der Waals surface area contributed by atoms with Crippen LogP contribution in [0, 0.1) is 0 Å². The van der Waals surface area contributed by atoms with E-state index in [1.165, 1.54) is 0 Å². The van der Waals surface area contributed by atoms with Crippen molar-refractivity contribution in [2.75, 3.05) is 45.7 Å². The molecule has 0 unspecified atom stereocenters. The maximum Gasteiger partial charge on any atom is 0.317 e. The fourth-order valence-corrected chi connectivity index (χ4v) is 1.99. The molecule has 0 spiro atoms. The molecule has 1 aliphatic heterocycles. The minimum atomic E-state index is 0.00324. The molecule has 1 heterocycles. The molecular weight excluding hydrogens is 246 g/mol. The molecule has 0 radical (unpaired) electrons. The van der Waals surface area contributed by atoms with Crippen LogP contribution < -0.4 is 20.1 Å². The number of rotatable bonds is 6. The lowest BCUT2D eigenvalue weighted by atomic mass is 10.2. The molecule has 1 saturated heterocycles. The van der Waals surface area contributed by atoms with Crippen molar-refractivity contribution in [3.63, 3.8) is 0 Å². The van der Waals surface area contributed by atoms with E-state index < -0.39 is 0 Å². The summed E-state index contributed by atoms with van der Waals surface area (Å²) >= 11 is 0. The van der Waals surface area contributed by atoms with Gasteiger partial charge in [-0.05, 0) is 12.1 Å². The summed E-state index contributed by atoms with van der Waals surface area (Å²) in [5, 5.41) is 6.03. The number of ether oxygens (including phenoxy) is 2. The van der Waals surface area contributed by atoms with E-state index >= 15 is 0 Å². The second-order valence-corrected chi connectivity index (χ2v) is 4.21. The first-order chi connectivity index (χ1) is 9.24. The van der Waals surface area contributed by atoms with E-state index in [-0.39, 0.29) is 6.03 Å². The van der Waals surface area contributed by atoms with Gasteiger partial charge in [0.1, 0.15) is 11.5 Å². The molecule has 6 heteroatoms. The minimum absolute atomic E-state index is 0.00324. The van der Waals surface area contributed by atoms with Gasteiger partial charge in [0.05, 0.1) is 19.9 Å². The van der Waals surface area contributed by atoms with Gasteiger partial charge in [0.25, 0.3) is 0 Å². The number of benzene rings is 1. The maximum absolute atomic E-state index is 11.4. The molecule has 0 aliphatic carbocycles. The molecule has 1 fully saturated rings. The number of hydrogen-bond acceptors (Lipinski definition) is 4. The van der Waals surface area contributed by atoms with Gasteiger partial charge in [0, 0.05) is 32.2 Å². The van der Waals surface area contributed by atoms with E-state index in [0.717, 1.165) is 30.3 Å². The Morgan fingerprint density at radius 1 is 1.37 bits per heavy atom. The molecule has 1 aromatic carbocycles. The predicted molar refractivity (Wildman–Crippen MR) is 73.0 cm³/mol. The van der Waals surface area contributed by atoms with Crippen molar-refractivity contribution in [3.8, 4) is 11.5 Å². The van der Waals surface area contributed by atoms with Crippen molar-refractivity contribution in [3.05, 3.63) is 18.2 Å². The molecular formula is C13H19N3O3. The largest absolute Gasteiger partial charge is 0.497 e. The zero-order valence-corrected chi connectivity index (χ0v) is 11.2. The van der Waals surface area contributed by atoms with Crippen molar-refractivity contribution in [2.24, 2.45) is 0 Å². The van der Waals surface area contributed by atoms with E-state index in [9.17, 15) is 4.79 Å². The van der Waals surface area contributed by atoms with Gasteiger partial charge in [-0.2, -0.15) is 0 Å². The zero-order valence-electron chi connectivity index (χ0n) is 11.2. The van der Waals surface area contributed by atoms with Crippen LogP contribution in [0.5, 0.6) is 11.5 Å². The van der Waals surface area contributed by atoms with Gasteiger partial charge in [0.15, 0.2) is 0 Å². The number of nitrogens with one attached hydrogen (secondary N) is 2. The smallest absolute Gasteiger partial charge is 0.317 e. The summed E-state index contributed by atoms with van der Waals surface area (Å²) in [6, 6.07) is 5.60. The first-order valence-electron chi connectivity index (χ1n) is 6.23. The Balaban J connectivity index is 1.90. The molecule has 2 amide bonds. The van der Waals surface area contributed by atoms with Crippen molar-refractivity contribution >= 4 is 11.7 Å². The van der Waals surface area contributed by atoms with Crippen molar-refractivity contribution in [1.82, 2.24) is 10.2 Å². The molecule has 0 atom stereocenters. The molecule has 2 rings (SSSR count). The highest BCUT2D eigenvalue weighted by atomic mass is 16.5. The second-order valence-electron chi connectivity index (χ2n) is 4.21. The molecule has 0 aromatic heterocycles. The van der Waals surface area contributed by atoms with Crippen molar-refractivity contribution < 1.29 is 14.3 Å². The van der Waals surface area contributed by atoms with E-state index in [1.807, 2.05) is 18.2 Å². The molecule has 1 aliphatic rings. The Morgan fingerprint density at radius 2 is 2.21 bits per heavy atom. The van der Waals surface area contributed by atoms with Crippen LogP contribution >= 0.6 is 0 Å². The lowest BCUT2D eigenvalue weighted by Crippen LogP contribution is -2.32. The van der Waals surface area contributed by atoms with Crippen LogP contribution in [0.2, 0.25) is 0 Å². The Hall–Kier alpha value is -2.11. The Kier molecular flexibility index (Phi) is 4.33. The number of hydrogen-bond donors (Lipinski definition) is 2. The van der Waals surface area contributed by atoms with Crippen LogP contribution in [-0.4, -0.2) is 51.3 Å². The second kappa shape index (κ2) is 6.17. The zero-order chi connectivity index (χ0) is 13.7. The summed E-state index contributed by atoms with van der Waals surface area (Å²) in [5.74, 6) is 1.48. The maximum atomic E-state index is 11.4. The number of anilines is 1. The van der Waals surface area contributed by atoms with Gasteiger partial charge in [-0.25, -0.2) is 4.79 Å². The lowest BCUT2D eigenvalue weighted by molar-refractivity contribution is 0.219. The summed E-state index contributed by atoms with van der Waals surface area (Å²) in [6.45, 7) is 2.84. The minimum Gasteiger partial charge on any atom is -0.497 e. The predicted octanol–water partition coefficient (Wildman–Crippen LogP) is 1.14. The summed E-state index contributed by atoms with van der Waals surface area (Å²) < 4.78 is 10.4. The summed E-state index contributed by atoms with van der Waals surface area (Å²) in [4.78, 5) is 13.1. The van der Waals surface area contributed by atoms with Crippen LogP contribution in [0.1, 0.15) is 0 Å². The van der Waals surface area contributed by atoms with Crippen LogP contribution in [0.15, 0.2) is 18.2 Å². The fourth-order valence-electron chi connectivity index (χ4n) is 1.99. The normalized spacial score (nSPS) is 14.2. The summed E-state index contributed by atoms with van der Waals surface area (Å²) in [5.41, 5.74) is 0.892. The van der Waals surface area contributed by atoms with Crippen LogP contribution in [0.3, 0.4) is 0 Å². The van der Waals surface area contributed by atoms with Crippen molar-refractivity contribution in [2.45, 2.75) is 0 Å². The van der Waals surface area contributed by atoms with Gasteiger partial charge in [-0.1, -0.05) is 0 Å². The molecule has 6 nitrogen and oxygen atoms in total. The van der Waals surface area contributed by atoms with Crippen LogP contribution in [0.25, 0.3) is 0 Å². The standard InChI is InChI=1S/C13H19N3O3/c1-18-10-3-4-11(12(9-10)19-2)14-5-7-16-8-6-15-13(16)17/h3-4,9,14H,5-8H2,1-2H3,(H,15,17). The van der Waals surface area contributed by atoms with Crippen molar-refractivity contribution in [1.29, 1.82) is 0 Å². The Morgan fingerprint density at radius 3 is 2.84 bits per heavy atom. The Labute approximate surface area is 112 Å². The number of amides is 2. The number of methoxy groups -OCH3 is 2. The number of carbonyl (C=O) groups is 1. The SMILES string of the molecule is COc1ccc(NCCN2CCNC2=O)c(OC)c1. The van der Waals surface area contributed by atoms with E-state index in [0.29, 0.717) is 13.1 Å². The molecule has 0 bridgehead atoms. The third-order valence-corrected chi connectivity index (χ3v) is 3.05. The lowest BCUT2D eigenvalue weighted by Gasteiger charge is -2.16. The number of carbonyl (C=O) groups excluding carboxylic acids is 1. The highest BCUT2D eigenvalue weighted by Gasteiger charge is 2.18. The monoisotopic (exact) mass is 265 g/mol. The van der Waals surface area contributed by atoms with Gasteiger partial charge >= 0.3 is 6.03 Å². The van der Waals surface area contributed by atoms with E-state index in [1.54, 1.807) is 19.1 Å². The molecule has 1 aromatic rings. The van der Waals surface area contributed by atoms with Gasteiger partial charge in [-0.15, -0.1) is 0 Å². The topological polar surface area (TPSA) is 62.8 Å². The summed E-state index contributed by atoms with van der Waals surface area (Å²) in [6.07, 6.45) is 0. The average molecular weight is 265 g/mol. The van der Waals surface area contributed by atoms with Gasteiger partial charge in [0.2, 0.25) is 0 Å². The number of nitrogens with zero attached hydrogens (tertiary/aromatic N) is 1. The van der Waals surface area contributed by atoms with Gasteiger partial charge < -0.3 is 25.0 Å². The third-order valence-electron chi connectivity index (χ3n) is 3.05. The molecule has 2 N–H and O–H groups in total. The Bertz CT molecular complexity index is 451. The van der Waals surface area contributed by atoms with E-state index in [4.69, 9.17) is 9.47 Å². The highest BCUT2D eigenvalue weighted by Crippen LogP contribution is 2.28. The highest BCUT2D eigenvalue weighted by molar-refractivity contribution is 5.76. The van der Waals surface area contributed by atoms with Crippen LogP contribution in [0.4, 0.5) is 10.5 Å². The number of urea groups is 1. The summed E-state index contributed by atoms with van der Waals surface area (Å²) in [7, 11) is 3.24. The van der Waals surface area contributed by atoms with E-state index in [2.05, 4.69) is 10.6 Å².